The fourth-order valence-electron chi connectivity index (χ4n) is 2.40. The van der Waals surface area contributed by atoms with Gasteiger partial charge in [-0.05, 0) is 25.5 Å². The van der Waals surface area contributed by atoms with Crippen molar-refractivity contribution >= 4 is 10.9 Å². The molecule has 2 aromatic rings. The van der Waals surface area contributed by atoms with E-state index in [0.29, 0.717) is 13.0 Å². The van der Waals surface area contributed by atoms with Crippen LogP contribution >= 0.6 is 0 Å². The molecule has 1 aliphatic rings. The molecule has 17 heavy (non-hydrogen) atoms. The van der Waals surface area contributed by atoms with Gasteiger partial charge in [-0.2, -0.15) is 5.10 Å². The summed E-state index contributed by atoms with van der Waals surface area (Å²) in [4.78, 5) is 0. The van der Waals surface area contributed by atoms with Gasteiger partial charge in [-0.3, -0.25) is 4.68 Å². The van der Waals surface area contributed by atoms with Gasteiger partial charge in [-0.1, -0.05) is 11.6 Å². The smallest absolute Gasteiger partial charge is 0.146 e. The van der Waals surface area contributed by atoms with Crippen LogP contribution in [0.3, 0.4) is 0 Å². The summed E-state index contributed by atoms with van der Waals surface area (Å²) >= 11 is 0. The van der Waals surface area contributed by atoms with Crippen LogP contribution < -0.4 is 0 Å². The normalized spacial score (nSPS) is 25.3. The third kappa shape index (κ3) is 1.82. The first-order valence-electron chi connectivity index (χ1n) is 5.91. The minimum atomic E-state index is -0.965. The van der Waals surface area contributed by atoms with Crippen LogP contribution in [0.25, 0.3) is 10.9 Å². The molecule has 0 aliphatic carbocycles. The lowest BCUT2D eigenvalue weighted by molar-refractivity contribution is 0.00116. The summed E-state index contributed by atoms with van der Waals surface area (Å²) in [5.74, 6) is 0. The monoisotopic (exact) mass is 234 g/mol. The van der Waals surface area contributed by atoms with Crippen molar-refractivity contribution in [2.45, 2.75) is 25.6 Å². The van der Waals surface area contributed by atoms with E-state index >= 15 is 0 Å². The Morgan fingerprint density at radius 1 is 1.47 bits per heavy atom. The molecule has 4 heteroatoms. The summed E-state index contributed by atoms with van der Waals surface area (Å²) < 4.78 is 20.8. The molecule has 0 N–H and O–H groups in total. The number of hydrogen-bond acceptors (Lipinski definition) is 2. The van der Waals surface area contributed by atoms with Crippen LogP contribution in [0.4, 0.5) is 4.39 Å². The van der Waals surface area contributed by atoms with E-state index < -0.39 is 6.17 Å². The van der Waals surface area contributed by atoms with E-state index in [-0.39, 0.29) is 12.6 Å². The van der Waals surface area contributed by atoms with Gasteiger partial charge in [0.05, 0.1) is 24.4 Å². The van der Waals surface area contributed by atoms with E-state index in [1.54, 1.807) is 0 Å². The van der Waals surface area contributed by atoms with Crippen molar-refractivity contribution in [2.75, 3.05) is 13.2 Å². The van der Waals surface area contributed by atoms with Gasteiger partial charge in [0, 0.05) is 12.0 Å². The number of fused-ring (bicyclic) bond motifs is 1. The quantitative estimate of drug-likeness (QED) is 0.758. The molecule has 2 unspecified atom stereocenters. The molecule has 1 aromatic heterocycles. The predicted octanol–water partition coefficient (Wildman–Crippen LogP) is 2.64. The van der Waals surface area contributed by atoms with Crippen molar-refractivity contribution in [1.82, 2.24) is 9.78 Å². The van der Waals surface area contributed by atoms with Crippen molar-refractivity contribution in [3.8, 4) is 0 Å². The zero-order valence-electron chi connectivity index (χ0n) is 9.77. The average Bonchev–Trinajstić information content (AvgIpc) is 2.72. The number of ether oxygens (including phenoxy) is 1. The number of alkyl halides is 1. The maximum Gasteiger partial charge on any atom is 0.146 e. The molecule has 2 heterocycles. The number of aryl methyl sites for hydroxylation is 1. The molecular formula is C13H15FN2O. The molecule has 0 amide bonds. The minimum absolute atomic E-state index is 0.178. The molecule has 3 rings (SSSR count). The van der Waals surface area contributed by atoms with E-state index in [9.17, 15) is 4.39 Å². The highest BCUT2D eigenvalue weighted by Gasteiger charge is 2.28. The molecule has 1 saturated heterocycles. The molecular weight excluding hydrogens is 219 g/mol. The van der Waals surface area contributed by atoms with Crippen molar-refractivity contribution < 1.29 is 9.13 Å². The van der Waals surface area contributed by atoms with Gasteiger partial charge in [0.15, 0.2) is 0 Å². The van der Waals surface area contributed by atoms with Gasteiger partial charge in [0.2, 0.25) is 0 Å². The first kappa shape index (κ1) is 10.7. The van der Waals surface area contributed by atoms with Crippen molar-refractivity contribution in [1.29, 1.82) is 0 Å². The third-order valence-electron chi connectivity index (χ3n) is 3.32. The Hall–Kier alpha value is -1.42. The number of aromatic nitrogens is 2. The summed E-state index contributed by atoms with van der Waals surface area (Å²) in [6.07, 6.45) is 1.53. The van der Waals surface area contributed by atoms with Gasteiger partial charge >= 0.3 is 0 Å². The maximum absolute atomic E-state index is 13.8. The summed E-state index contributed by atoms with van der Waals surface area (Å²) in [5, 5.41) is 5.40. The highest BCUT2D eigenvalue weighted by atomic mass is 19.1. The molecule has 1 fully saturated rings. The zero-order valence-corrected chi connectivity index (χ0v) is 9.77. The fourth-order valence-corrected chi connectivity index (χ4v) is 2.40. The third-order valence-corrected chi connectivity index (χ3v) is 3.32. The van der Waals surface area contributed by atoms with Crippen LogP contribution in [0, 0.1) is 6.92 Å². The number of benzene rings is 1. The minimum Gasteiger partial charge on any atom is -0.378 e. The van der Waals surface area contributed by atoms with E-state index in [1.807, 2.05) is 29.9 Å². The molecule has 1 aromatic carbocycles. The van der Waals surface area contributed by atoms with E-state index in [0.717, 1.165) is 10.9 Å². The number of halogens is 1. The average molecular weight is 234 g/mol. The lowest BCUT2D eigenvalue weighted by atomic mass is 10.1. The Labute approximate surface area is 99.2 Å². The lowest BCUT2D eigenvalue weighted by Crippen LogP contribution is -2.31. The molecule has 0 bridgehead atoms. The molecule has 3 nitrogen and oxygen atoms in total. The van der Waals surface area contributed by atoms with Gasteiger partial charge in [0.25, 0.3) is 0 Å². The van der Waals surface area contributed by atoms with Crippen molar-refractivity contribution in [3.05, 3.63) is 30.0 Å². The van der Waals surface area contributed by atoms with Crippen molar-refractivity contribution in [2.24, 2.45) is 0 Å². The standard InChI is InChI=1S/C13H15FN2O/c1-9-2-3-12-10(6-9)7-15-16(12)13-4-5-17-8-11(13)14/h2-3,6-7,11,13H,4-5,8H2,1H3. The topological polar surface area (TPSA) is 27.1 Å². The second kappa shape index (κ2) is 4.11. The summed E-state index contributed by atoms with van der Waals surface area (Å²) in [5.41, 5.74) is 2.20. The first-order chi connectivity index (χ1) is 8.25. The Morgan fingerprint density at radius 2 is 2.35 bits per heavy atom. The fraction of sp³-hybridized carbons (Fsp3) is 0.462. The Kier molecular flexibility index (Phi) is 2.59. The molecule has 1 aliphatic heterocycles. The number of rotatable bonds is 1. The SMILES string of the molecule is Cc1ccc2c(cnn2C2CCOCC2F)c1. The van der Waals surface area contributed by atoms with Crippen LogP contribution in [0.1, 0.15) is 18.0 Å². The highest BCUT2D eigenvalue weighted by Crippen LogP contribution is 2.27. The van der Waals surface area contributed by atoms with Crippen LogP contribution in [-0.4, -0.2) is 29.2 Å². The van der Waals surface area contributed by atoms with Crippen LogP contribution in [-0.2, 0) is 4.74 Å². The predicted molar refractivity (Wildman–Crippen MR) is 63.8 cm³/mol. The molecule has 0 radical (unpaired) electrons. The number of nitrogens with zero attached hydrogens (tertiary/aromatic N) is 2. The zero-order chi connectivity index (χ0) is 11.8. The maximum atomic E-state index is 13.8. The van der Waals surface area contributed by atoms with Gasteiger partial charge in [0.1, 0.15) is 6.17 Å². The summed E-state index contributed by atoms with van der Waals surface area (Å²) in [6.45, 7) is 2.83. The molecule has 90 valence electrons. The Bertz CT molecular complexity index is 537. The second-order valence-corrected chi connectivity index (χ2v) is 4.60. The van der Waals surface area contributed by atoms with Gasteiger partial charge in [-0.15, -0.1) is 0 Å². The first-order valence-corrected chi connectivity index (χ1v) is 5.91. The molecule has 0 spiro atoms. The highest BCUT2D eigenvalue weighted by molar-refractivity contribution is 5.79. The van der Waals surface area contributed by atoms with E-state index in [4.69, 9.17) is 4.74 Å². The Balaban J connectivity index is 2.05. The van der Waals surface area contributed by atoms with Crippen LogP contribution in [0.15, 0.2) is 24.4 Å². The van der Waals surface area contributed by atoms with Crippen LogP contribution in [0.5, 0.6) is 0 Å². The summed E-state index contributed by atoms with van der Waals surface area (Å²) in [7, 11) is 0. The second-order valence-electron chi connectivity index (χ2n) is 4.60. The van der Waals surface area contributed by atoms with E-state index in [2.05, 4.69) is 11.2 Å². The lowest BCUT2D eigenvalue weighted by Gasteiger charge is -2.26. The molecule has 2 atom stereocenters. The van der Waals surface area contributed by atoms with E-state index in [1.165, 1.54) is 5.56 Å². The van der Waals surface area contributed by atoms with Crippen LogP contribution in [0.2, 0.25) is 0 Å². The van der Waals surface area contributed by atoms with Gasteiger partial charge < -0.3 is 4.74 Å². The van der Waals surface area contributed by atoms with Gasteiger partial charge in [-0.25, -0.2) is 4.39 Å². The summed E-state index contributed by atoms with van der Waals surface area (Å²) in [6, 6.07) is 5.93. The Morgan fingerprint density at radius 3 is 3.18 bits per heavy atom. The largest absolute Gasteiger partial charge is 0.378 e. The molecule has 0 saturated carbocycles. The van der Waals surface area contributed by atoms with Crippen molar-refractivity contribution in [3.63, 3.8) is 0 Å². The number of hydrogen-bond donors (Lipinski definition) is 0.